The van der Waals surface area contributed by atoms with Crippen LogP contribution in [0.25, 0.3) is 0 Å². The molecule has 1 heterocycles. The molecule has 126 valence electrons. The Morgan fingerprint density at radius 3 is 2.14 bits per heavy atom. The molecule has 0 aromatic heterocycles. The molecule has 0 amide bonds. The predicted octanol–water partition coefficient (Wildman–Crippen LogP) is 1.97. The summed E-state index contributed by atoms with van der Waals surface area (Å²) in [5.74, 6) is 1.02. The second-order valence-electron chi connectivity index (χ2n) is 6.91. The molecule has 5 nitrogen and oxygen atoms in total. The molecule has 0 bridgehead atoms. The molecule has 1 rings (SSSR count). The summed E-state index contributed by atoms with van der Waals surface area (Å²) < 4.78 is 29.4. The van der Waals surface area contributed by atoms with Crippen molar-refractivity contribution in [2.75, 3.05) is 26.2 Å². The molecule has 1 atom stereocenters. The van der Waals surface area contributed by atoms with Crippen LogP contribution in [0.15, 0.2) is 0 Å². The first kappa shape index (κ1) is 18.9. The lowest BCUT2D eigenvalue weighted by Crippen LogP contribution is -2.46. The van der Waals surface area contributed by atoms with Crippen molar-refractivity contribution in [3.05, 3.63) is 0 Å². The summed E-state index contributed by atoms with van der Waals surface area (Å²) in [6.07, 6.45) is 4.00. The van der Waals surface area contributed by atoms with Gasteiger partial charge < -0.3 is 5.32 Å². The Morgan fingerprint density at radius 2 is 1.71 bits per heavy atom. The molecule has 0 aliphatic carbocycles. The van der Waals surface area contributed by atoms with Crippen molar-refractivity contribution in [1.29, 1.82) is 0 Å². The summed E-state index contributed by atoms with van der Waals surface area (Å²) in [4.78, 5) is 0. The van der Waals surface area contributed by atoms with Crippen LogP contribution in [0.3, 0.4) is 0 Å². The topological polar surface area (TPSA) is 61.4 Å². The molecule has 21 heavy (non-hydrogen) atoms. The van der Waals surface area contributed by atoms with Crippen LogP contribution >= 0.6 is 0 Å². The molecular weight excluding hydrogens is 286 g/mol. The smallest absolute Gasteiger partial charge is 0.279 e. The highest BCUT2D eigenvalue weighted by molar-refractivity contribution is 7.87. The molecule has 1 fully saturated rings. The fraction of sp³-hybridized carbons (Fsp3) is 1.00. The fourth-order valence-corrected chi connectivity index (χ4v) is 3.67. The van der Waals surface area contributed by atoms with Crippen molar-refractivity contribution in [2.24, 2.45) is 11.8 Å². The zero-order valence-corrected chi connectivity index (χ0v) is 14.9. The second kappa shape index (κ2) is 9.08. The highest BCUT2D eigenvalue weighted by Gasteiger charge is 2.24. The normalized spacial score (nSPS) is 20.0. The quantitative estimate of drug-likeness (QED) is 0.647. The summed E-state index contributed by atoms with van der Waals surface area (Å²) in [6, 6.07) is 0.289. The largest absolute Gasteiger partial charge is 0.313 e. The zero-order valence-electron chi connectivity index (χ0n) is 14.1. The van der Waals surface area contributed by atoms with Gasteiger partial charge in [0, 0.05) is 25.7 Å². The maximum atomic E-state index is 12.5. The average Bonchev–Trinajstić information content (AvgIpc) is 2.88. The minimum atomic E-state index is -3.36. The van der Waals surface area contributed by atoms with Gasteiger partial charge in [0.1, 0.15) is 0 Å². The van der Waals surface area contributed by atoms with Gasteiger partial charge in [0.15, 0.2) is 0 Å². The molecule has 1 saturated heterocycles. The van der Waals surface area contributed by atoms with Gasteiger partial charge in [0.2, 0.25) is 0 Å². The molecule has 2 N–H and O–H groups in total. The van der Waals surface area contributed by atoms with E-state index in [1.807, 2.05) is 0 Å². The zero-order chi connectivity index (χ0) is 15.9. The van der Waals surface area contributed by atoms with E-state index in [9.17, 15) is 8.42 Å². The van der Waals surface area contributed by atoms with E-state index in [4.69, 9.17) is 0 Å². The fourth-order valence-electron chi connectivity index (χ4n) is 2.38. The van der Waals surface area contributed by atoms with Crippen molar-refractivity contribution in [1.82, 2.24) is 14.3 Å². The number of nitrogens with one attached hydrogen (secondary N) is 2. The number of rotatable bonds is 10. The number of hydrogen-bond donors (Lipinski definition) is 2. The number of hydrogen-bond acceptors (Lipinski definition) is 3. The van der Waals surface area contributed by atoms with Crippen LogP contribution in [0, 0.1) is 11.8 Å². The summed E-state index contributed by atoms with van der Waals surface area (Å²) in [7, 11) is -3.36. The van der Waals surface area contributed by atoms with E-state index in [0.717, 1.165) is 32.2 Å². The first-order chi connectivity index (χ1) is 9.81. The van der Waals surface area contributed by atoms with E-state index in [1.54, 1.807) is 4.31 Å². The van der Waals surface area contributed by atoms with Gasteiger partial charge in [0.25, 0.3) is 10.2 Å². The van der Waals surface area contributed by atoms with Gasteiger partial charge in [-0.1, -0.05) is 27.7 Å². The van der Waals surface area contributed by atoms with Crippen LogP contribution in [0.5, 0.6) is 0 Å². The minimum Gasteiger partial charge on any atom is -0.313 e. The number of nitrogens with zero attached hydrogens (tertiary/aromatic N) is 1. The van der Waals surface area contributed by atoms with Gasteiger partial charge in [-0.2, -0.15) is 12.7 Å². The molecule has 0 aromatic rings. The molecular formula is C15H33N3O2S. The Kier molecular flexibility index (Phi) is 8.16. The first-order valence-corrected chi connectivity index (χ1v) is 9.73. The second-order valence-corrected chi connectivity index (χ2v) is 8.67. The third-order valence-corrected chi connectivity index (χ3v) is 5.50. The van der Waals surface area contributed by atoms with E-state index in [1.165, 1.54) is 0 Å². The van der Waals surface area contributed by atoms with Crippen LogP contribution in [-0.2, 0) is 10.2 Å². The lowest BCUT2D eigenvalue weighted by atomic mass is 10.1. The summed E-state index contributed by atoms with van der Waals surface area (Å²) in [5.41, 5.74) is 0. The van der Waals surface area contributed by atoms with Crippen LogP contribution in [-0.4, -0.2) is 44.9 Å². The third-order valence-electron chi connectivity index (χ3n) is 3.93. The standard InChI is InChI=1S/C15H33N3O2S/c1-13(2)7-10-18(11-8-14(3)4)21(19,20)17-12-15-6-5-9-16-15/h13-17H,5-12H2,1-4H3. The highest BCUT2D eigenvalue weighted by atomic mass is 32.2. The Bertz CT molecular complexity index is 364. The maximum Gasteiger partial charge on any atom is 0.279 e. The Hall–Kier alpha value is -0.170. The van der Waals surface area contributed by atoms with Crippen molar-refractivity contribution >= 4 is 10.2 Å². The van der Waals surface area contributed by atoms with Crippen molar-refractivity contribution in [3.63, 3.8) is 0 Å². The van der Waals surface area contributed by atoms with Crippen molar-refractivity contribution < 1.29 is 8.42 Å². The summed E-state index contributed by atoms with van der Waals surface area (Å²) >= 11 is 0. The van der Waals surface area contributed by atoms with Crippen LogP contribution in [0.4, 0.5) is 0 Å². The van der Waals surface area contributed by atoms with E-state index in [0.29, 0.717) is 31.5 Å². The van der Waals surface area contributed by atoms with Gasteiger partial charge in [-0.3, -0.25) is 0 Å². The average molecular weight is 320 g/mol. The van der Waals surface area contributed by atoms with E-state index >= 15 is 0 Å². The Morgan fingerprint density at radius 1 is 1.14 bits per heavy atom. The minimum absolute atomic E-state index is 0.289. The SMILES string of the molecule is CC(C)CCN(CCC(C)C)S(=O)(=O)NCC1CCCN1. The van der Waals surface area contributed by atoms with Gasteiger partial charge >= 0.3 is 0 Å². The monoisotopic (exact) mass is 319 g/mol. The molecule has 0 spiro atoms. The Labute approximate surface area is 131 Å². The molecule has 0 saturated carbocycles. The lowest BCUT2D eigenvalue weighted by molar-refractivity contribution is 0.351. The van der Waals surface area contributed by atoms with Crippen LogP contribution < -0.4 is 10.0 Å². The van der Waals surface area contributed by atoms with Crippen LogP contribution in [0.1, 0.15) is 53.4 Å². The van der Waals surface area contributed by atoms with Crippen molar-refractivity contribution in [3.8, 4) is 0 Å². The summed E-state index contributed by atoms with van der Waals surface area (Å²) in [6.45, 7) is 11.2. The van der Waals surface area contributed by atoms with Gasteiger partial charge in [0.05, 0.1) is 0 Å². The molecule has 1 unspecified atom stereocenters. The van der Waals surface area contributed by atoms with Crippen LogP contribution in [0.2, 0.25) is 0 Å². The van der Waals surface area contributed by atoms with E-state index in [2.05, 4.69) is 37.7 Å². The maximum absolute atomic E-state index is 12.5. The third kappa shape index (κ3) is 7.58. The van der Waals surface area contributed by atoms with E-state index < -0.39 is 10.2 Å². The van der Waals surface area contributed by atoms with E-state index in [-0.39, 0.29) is 6.04 Å². The van der Waals surface area contributed by atoms with Gasteiger partial charge in [-0.05, 0) is 44.1 Å². The molecule has 6 heteroatoms. The molecule has 0 radical (unpaired) electrons. The molecule has 0 aromatic carbocycles. The lowest BCUT2D eigenvalue weighted by Gasteiger charge is -2.25. The summed E-state index contributed by atoms with van der Waals surface area (Å²) in [5, 5.41) is 3.32. The molecule has 1 aliphatic rings. The van der Waals surface area contributed by atoms with Gasteiger partial charge in [-0.15, -0.1) is 0 Å². The molecule has 1 aliphatic heterocycles. The Balaban J connectivity index is 2.54. The first-order valence-electron chi connectivity index (χ1n) is 8.29. The van der Waals surface area contributed by atoms with Crippen molar-refractivity contribution in [2.45, 2.75) is 59.4 Å². The van der Waals surface area contributed by atoms with Gasteiger partial charge in [-0.25, -0.2) is 4.72 Å². The predicted molar refractivity (Wildman–Crippen MR) is 88.4 cm³/mol. The highest BCUT2D eigenvalue weighted by Crippen LogP contribution is 2.11.